The van der Waals surface area contributed by atoms with Crippen molar-refractivity contribution in [2.45, 2.75) is 12.8 Å². The Kier molecular flexibility index (Phi) is 3.35. The molecule has 84 valence electrons. The fraction of sp³-hybridized carbons (Fsp3) is 0.417. The van der Waals surface area contributed by atoms with Crippen LogP contribution in [0.1, 0.15) is 18.4 Å². The monoisotopic (exact) mass is 281 g/mol. The van der Waals surface area contributed by atoms with Crippen LogP contribution in [-0.4, -0.2) is 13.7 Å². The molecule has 0 aromatic heterocycles. The summed E-state index contributed by atoms with van der Waals surface area (Å²) >= 11 is 3.34. The fourth-order valence-electron chi connectivity index (χ4n) is 1.43. The Labute approximate surface area is 103 Å². The Balaban J connectivity index is 2.29. The number of halogens is 1. The molecule has 0 amide bonds. The van der Waals surface area contributed by atoms with Crippen molar-refractivity contribution < 1.29 is 9.47 Å². The summed E-state index contributed by atoms with van der Waals surface area (Å²) in [6.45, 7) is 0.668. The SMILES string of the molecule is COc1ccc(Br)c(C#N)c1OCC1CC1. The van der Waals surface area contributed by atoms with Gasteiger partial charge in [-0.1, -0.05) is 0 Å². The maximum absolute atomic E-state index is 9.08. The van der Waals surface area contributed by atoms with Crippen molar-refractivity contribution in [3.63, 3.8) is 0 Å². The highest BCUT2D eigenvalue weighted by Gasteiger charge is 2.24. The van der Waals surface area contributed by atoms with Gasteiger partial charge in [-0.25, -0.2) is 0 Å². The van der Waals surface area contributed by atoms with E-state index < -0.39 is 0 Å². The summed E-state index contributed by atoms with van der Waals surface area (Å²) < 4.78 is 11.6. The summed E-state index contributed by atoms with van der Waals surface area (Å²) in [5, 5.41) is 9.08. The number of benzene rings is 1. The third-order valence-corrected chi connectivity index (χ3v) is 3.22. The Morgan fingerprint density at radius 2 is 2.25 bits per heavy atom. The lowest BCUT2D eigenvalue weighted by molar-refractivity contribution is 0.279. The third-order valence-electron chi connectivity index (χ3n) is 2.56. The van der Waals surface area contributed by atoms with E-state index in [1.807, 2.05) is 0 Å². The Morgan fingerprint density at radius 1 is 1.50 bits per heavy atom. The minimum Gasteiger partial charge on any atom is -0.493 e. The fourth-order valence-corrected chi connectivity index (χ4v) is 1.83. The molecule has 0 atom stereocenters. The predicted molar refractivity (Wildman–Crippen MR) is 63.6 cm³/mol. The second kappa shape index (κ2) is 4.75. The van der Waals surface area contributed by atoms with Gasteiger partial charge in [0.1, 0.15) is 11.6 Å². The van der Waals surface area contributed by atoms with Gasteiger partial charge in [-0.15, -0.1) is 0 Å². The summed E-state index contributed by atoms with van der Waals surface area (Å²) in [7, 11) is 1.58. The first-order chi connectivity index (χ1) is 7.76. The van der Waals surface area contributed by atoms with Gasteiger partial charge in [0, 0.05) is 4.47 Å². The van der Waals surface area contributed by atoms with Crippen molar-refractivity contribution in [1.29, 1.82) is 5.26 Å². The van der Waals surface area contributed by atoms with E-state index in [2.05, 4.69) is 22.0 Å². The van der Waals surface area contributed by atoms with Gasteiger partial charge in [0.25, 0.3) is 0 Å². The maximum atomic E-state index is 9.08. The van der Waals surface area contributed by atoms with Gasteiger partial charge < -0.3 is 9.47 Å². The smallest absolute Gasteiger partial charge is 0.180 e. The average Bonchev–Trinajstić information content (AvgIpc) is 3.10. The van der Waals surface area contributed by atoms with Gasteiger partial charge >= 0.3 is 0 Å². The van der Waals surface area contributed by atoms with Crippen molar-refractivity contribution in [2.75, 3.05) is 13.7 Å². The number of hydrogen-bond acceptors (Lipinski definition) is 3. The average molecular weight is 282 g/mol. The van der Waals surface area contributed by atoms with Gasteiger partial charge in [-0.3, -0.25) is 0 Å². The molecule has 2 rings (SSSR count). The summed E-state index contributed by atoms with van der Waals surface area (Å²) in [4.78, 5) is 0. The van der Waals surface area contributed by atoms with Gasteiger partial charge in [0.2, 0.25) is 0 Å². The topological polar surface area (TPSA) is 42.2 Å². The van der Waals surface area contributed by atoms with Crippen LogP contribution < -0.4 is 9.47 Å². The van der Waals surface area contributed by atoms with Crippen LogP contribution in [-0.2, 0) is 0 Å². The van der Waals surface area contributed by atoms with Gasteiger partial charge in [0.15, 0.2) is 11.5 Å². The van der Waals surface area contributed by atoms with Crippen LogP contribution in [0.3, 0.4) is 0 Å². The molecule has 1 fully saturated rings. The zero-order valence-electron chi connectivity index (χ0n) is 9.00. The van der Waals surface area contributed by atoms with Gasteiger partial charge in [-0.05, 0) is 46.8 Å². The Morgan fingerprint density at radius 3 is 2.81 bits per heavy atom. The van der Waals surface area contributed by atoms with Crippen LogP contribution >= 0.6 is 15.9 Å². The van der Waals surface area contributed by atoms with Crippen LogP contribution in [0.15, 0.2) is 16.6 Å². The highest BCUT2D eigenvalue weighted by molar-refractivity contribution is 9.10. The predicted octanol–water partition coefficient (Wildman–Crippen LogP) is 3.12. The molecule has 16 heavy (non-hydrogen) atoms. The van der Waals surface area contributed by atoms with Crippen molar-refractivity contribution in [1.82, 2.24) is 0 Å². The highest BCUT2D eigenvalue weighted by Crippen LogP contribution is 2.37. The van der Waals surface area contributed by atoms with Crippen LogP contribution in [0.2, 0.25) is 0 Å². The zero-order chi connectivity index (χ0) is 11.5. The number of methoxy groups -OCH3 is 1. The van der Waals surface area contributed by atoms with Crippen molar-refractivity contribution >= 4 is 15.9 Å². The molecule has 1 aliphatic carbocycles. The second-order valence-corrected chi connectivity index (χ2v) is 4.67. The van der Waals surface area contributed by atoms with Crippen molar-refractivity contribution in [2.24, 2.45) is 5.92 Å². The zero-order valence-corrected chi connectivity index (χ0v) is 10.6. The number of ether oxygens (including phenoxy) is 2. The quantitative estimate of drug-likeness (QED) is 0.852. The molecule has 0 heterocycles. The molecular formula is C12H12BrNO2. The molecule has 0 spiro atoms. The summed E-state index contributed by atoms with van der Waals surface area (Å²) in [6.07, 6.45) is 2.44. The van der Waals surface area contributed by atoms with Crippen molar-refractivity contribution in [3.8, 4) is 17.6 Å². The van der Waals surface area contributed by atoms with Crippen LogP contribution in [0.25, 0.3) is 0 Å². The normalized spacial score (nSPS) is 14.3. The van der Waals surface area contributed by atoms with Gasteiger partial charge in [-0.2, -0.15) is 5.26 Å². The Hall–Kier alpha value is -1.21. The minimum atomic E-state index is 0.500. The first-order valence-electron chi connectivity index (χ1n) is 5.15. The standard InChI is InChI=1S/C12H12BrNO2/c1-15-11-5-4-10(13)9(6-14)12(11)16-7-8-2-3-8/h4-5,8H,2-3,7H2,1H3. The number of hydrogen-bond donors (Lipinski definition) is 0. The largest absolute Gasteiger partial charge is 0.493 e. The molecule has 0 N–H and O–H groups in total. The molecule has 4 heteroatoms. The van der Waals surface area contributed by atoms with Crippen LogP contribution in [0.5, 0.6) is 11.5 Å². The molecule has 0 saturated heterocycles. The molecule has 3 nitrogen and oxygen atoms in total. The first kappa shape index (κ1) is 11.3. The first-order valence-corrected chi connectivity index (χ1v) is 5.95. The maximum Gasteiger partial charge on any atom is 0.180 e. The molecule has 0 aliphatic heterocycles. The second-order valence-electron chi connectivity index (χ2n) is 3.82. The highest BCUT2D eigenvalue weighted by atomic mass is 79.9. The summed E-state index contributed by atoms with van der Waals surface area (Å²) in [5.74, 6) is 1.81. The number of nitriles is 1. The van der Waals surface area contributed by atoms with Crippen LogP contribution in [0.4, 0.5) is 0 Å². The number of rotatable bonds is 4. The minimum absolute atomic E-state index is 0.500. The van der Waals surface area contributed by atoms with Gasteiger partial charge in [0.05, 0.1) is 13.7 Å². The lowest BCUT2D eigenvalue weighted by Crippen LogP contribution is -2.03. The molecular weight excluding hydrogens is 270 g/mol. The van der Waals surface area contributed by atoms with Crippen molar-refractivity contribution in [3.05, 3.63) is 22.2 Å². The Bertz CT molecular complexity index is 435. The summed E-state index contributed by atoms with van der Waals surface area (Å²) in [6, 6.07) is 5.72. The van der Waals surface area contributed by atoms with E-state index in [9.17, 15) is 0 Å². The molecule has 0 unspecified atom stereocenters. The lowest BCUT2D eigenvalue weighted by atomic mass is 10.2. The van der Waals surface area contributed by atoms with Crippen LogP contribution in [0, 0.1) is 17.2 Å². The van der Waals surface area contributed by atoms with E-state index in [0.717, 1.165) is 4.47 Å². The molecule has 1 aliphatic rings. The van der Waals surface area contributed by atoms with E-state index in [0.29, 0.717) is 29.6 Å². The summed E-state index contributed by atoms with van der Waals surface area (Å²) in [5.41, 5.74) is 0.500. The van der Waals surface area contributed by atoms with E-state index >= 15 is 0 Å². The molecule has 0 bridgehead atoms. The van der Waals surface area contributed by atoms with E-state index in [4.69, 9.17) is 14.7 Å². The van der Waals surface area contributed by atoms with E-state index in [-0.39, 0.29) is 0 Å². The molecule has 1 aromatic carbocycles. The molecule has 1 saturated carbocycles. The van der Waals surface area contributed by atoms with E-state index in [1.54, 1.807) is 19.2 Å². The molecule has 0 radical (unpaired) electrons. The number of nitrogens with zero attached hydrogens (tertiary/aromatic N) is 1. The molecule has 1 aromatic rings. The van der Waals surface area contributed by atoms with E-state index in [1.165, 1.54) is 12.8 Å². The third kappa shape index (κ3) is 2.30. The lowest BCUT2D eigenvalue weighted by Gasteiger charge is -2.12.